The second-order valence-corrected chi connectivity index (χ2v) is 5.08. The number of aromatic nitrogens is 3. The van der Waals surface area contributed by atoms with E-state index in [-0.39, 0.29) is 0 Å². The van der Waals surface area contributed by atoms with Crippen LogP contribution in [0.25, 0.3) is 0 Å². The predicted molar refractivity (Wildman–Crippen MR) is 80.6 cm³/mol. The first kappa shape index (κ1) is 13.7. The Morgan fingerprint density at radius 2 is 2.11 bits per heavy atom. The van der Waals surface area contributed by atoms with Gasteiger partial charge in [0, 0.05) is 10.5 Å². The maximum absolute atomic E-state index is 4.38. The molecule has 19 heavy (non-hydrogen) atoms. The molecule has 1 atom stereocenters. The molecule has 0 saturated carbocycles. The molecule has 0 bridgehead atoms. The van der Waals surface area contributed by atoms with Gasteiger partial charge in [-0.15, -0.1) is 5.10 Å². The summed E-state index contributed by atoms with van der Waals surface area (Å²) in [6.07, 6.45) is 2.60. The van der Waals surface area contributed by atoms with Crippen molar-refractivity contribution in [2.45, 2.75) is 26.3 Å². The van der Waals surface area contributed by atoms with E-state index in [2.05, 4.69) is 55.6 Å². The number of para-hydroxylation sites is 1. The SMILES string of the molecule is CCC(C)Nc1nncc(Nc2ccccc2Br)n1. The molecule has 2 aromatic rings. The normalized spacial score (nSPS) is 11.9. The lowest BCUT2D eigenvalue weighted by Crippen LogP contribution is -2.16. The van der Waals surface area contributed by atoms with Crippen molar-refractivity contribution < 1.29 is 0 Å². The molecule has 1 heterocycles. The summed E-state index contributed by atoms with van der Waals surface area (Å²) in [5, 5.41) is 14.3. The first-order chi connectivity index (χ1) is 9.19. The Balaban J connectivity index is 2.13. The maximum Gasteiger partial charge on any atom is 0.244 e. The van der Waals surface area contributed by atoms with Gasteiger partial charge in [0.2, 0.25) is 5.95 Å². The monoisotopic (exact) mass is 321 g/mol. The van der Waals surface area contributed by atoms with Crippen LogP contribution >= 0.6 is 15.9 Å². The van der Waals surface area contributed by atoms with Gasteiger partial charge in [-0.05, 0) is 41.4 Å². The van der Waals surface area contributed by atoms with E-state index < -0.39 is 0 Å². The fourth-order valence-corrected chi connectivity index (χ4v) is 1.83. The summed E-state index contributed by atoms with van der Waals surface area (Å²) in [6, 6.07) is 8.17. The Hall–Kier alpha value is -1.69. The van der Waals surface area contributed by atoms with Crippen molar-refractivity contribution in [2.24, 2.45) is 0 Å². The number of benzene rings is 1. The molecule has 100 valence electrons. The predicted octanol–water partition coefficient (Wildman–Crippen LogP) is 3.59. The number of anilines is 3. The summed E-state index contributed by atoms with van der Waals surface area (Å²) in [6.45, 7) is 4.19. The quantitative estimate of drug-likeness (QED) is 0.881. The maximum atomic E-state index is 4.38. The molecule has 0 amide bonds. The minimum absolute atomic E-state index is 0.320. The lowest BCUT2D eigenvalue weighted by atomic mass is 10.3. The zero-order valence-electron chi connectivity index (χ0n) is 10.9. The summed E-state index contributed by atoms with van der Waals surface area (Å²) in [7, 11) is 0. The summed E-state index contributed by atoms with van der Waals surface area (Å²) in [5.74, 6) is 1.19. The van der Waals surface area contributed by atoms with Gasteiger partial charge in [0.1, 0.15) is 0 Å². The van der Waals surface area contributed by atoms with Gasteiger partial charge >= 0.3 is 0 Å². The number of nitrogens with zero attached hydrogens (tertiary/aromatic N) is 3. The highest BCUT2D eigenvalue weighted by atomic mass is 79.9. The first-order valence-corrected chi connectivity index (χ1v) is 6.96. The first-order valence-electron chi connectivity index (χ1n) is 6.17. The van der Waals surface area contributed by atoms with Crippen molar-refractivity contribution in [2.75, 3.05) is 10.6 Å². The molecule has 0 aliphatic heterocycles. The van der Waals surface area contributed by atoms with Crippen LogP contribution in [-0.4, -0.2) is 21.2 Å². The van der Waals surface area contributed by atoms with Crippen molar-refractivity contribution >= 4 is 33.4 Å². The topological polar surface area (TPSA) is 62.7 Å². The van der Waals surface area contributed by atoms with Crippen LogP contribution in [0.4, 0.5) is 17.5 Å². The molecule has 1 aromatic carbocycles. The second kappa shape index (κ2) is 6.47. The summed E-state index contributed by atoms with van der Waals surface area (Å²) >= 11 is 3.48. The molecule has 0 spiro atoms. The Morgan fingerprint density at radius 1 is 1.32 bits per heavy atom. The van der Waals surface area contributed by atoms with E-state index in [9.17, 15) is 0 Å². The third-order valence-corrected chi connectivity index (χ3v) is 3.37. The Morgan fingerprint density at radius 3 is 2.84 bits per heavy atom. The van der Waals surface area contributed by atoms with E-state index in [1.165, 1.54) is 0 Å². The molecule has 1 aromatic heterocycles. The zero-order chi connectivity index (χ0) is 13.7. The van der Waals surface area contributed by atoms with Crippen molar-refractivity contribution in [3.05, 3.63) is 34.9 Å². The van der Waals surface area contributed by atoms with Crippen LogP contribution in [0.15, 0.2) is 34.9 Å². The van der Waals surface area contributed by atoms with E-state index in [4.69, 9.17) is 0 Å². The molecule has 2 N–H and O–H groups in total. The Bertz CT molecular complexity index is 546. The number of halogens is 1. The van der Waals surface area contributed by atoms with Crippen LogP contribution in [0.3, 0.4) is 0 Å². The van der Waals surface area contributed by atoms with Crippen LogP contribution in [0.5, 0.6) is 0 Å². The van der Waals surface area contributed by atoms with E-state index >= 15 is 0 Å². The average molecular weight is 322 g/mol. The van der Waals surface area contributed by atoms with Crippen LogP contribution in [0.1, 0.15) is 20.3 Å². The highest BCUT2D eigenvalue weighted by Gasteiger charge is 2.05. The molecule has 0 aliphatic rings. The molecule has 0 aliphatic carbocycles. The molecule has 2 rings (SSSR count). The summed E-state index contributed by atoms with van der Waals surface area (Å²) < 4.78 is 0.977. The lowest BCUT2D eigenvalue weighted by Gasteiger charge is -2.12. The molecule has 0 fully saturated rings. The molecule has 5 nitrogen and oxygen atoms in total. The van der Waals surface area contributed by atoms with Gasteiger partial charge in [-0.1, -0.05) is 19.1 Å². The zero-order valence-corrected chi connectivity index (χ0v) is 12.5. The second-order valence-electron chi connectivity index (χ2n) is 4.22. The van der Waals surface area contributed by atoms with Gasteiger partial charge < -0.3 is 10.6 Å². The van der Waals surface area contributed by atoms with Gasteiger partial charge in [0.05, 0.1) is 11.9 Å². The Kier molecular flexibility index (Phi) is 4.68. The molecular formula is C13H16BrN5. The third kappa shape index (κ3) is 3.89. The molecule has 0 saturated heterocycles. The highest BCUT2D eigenvalue weighted by Crippen LogP contribution is 2.24. The van der Waals surface area contributed by atoms with Crippen LogP contribution in [0.2, 0.25) is 0 Å². The van der Waals surface area contributed by atoms with Crippen LogP contribution in [-0.2, 0) is 0 Å². The molecule has 6 heteroatoms. The summed E-state index contributed by atoms with van der Waals surface area (Å²) in [5.41, 5.74) is 0.942. The molecule has 0 radical (unpaired) electrons. The fourth-order valence-electron chi connectivity index (χ4n) is 1.45. The highest BCUT2D eigenvalue weighted by molar-refractivity contribution is 9.10. The number of rotatable bonds is 5. The van der Waals surface area contributed by atoms with Crippen molar-refractivity contribution in [3.63, 3.8) is 0 Å². The summed E-state index contributed by atoms with van der Waals surface area (Å²) in [4.78, 5) is 4.38. The van der Waals surface area contributed by atoms with Crippen molar-refractivity contribution in [1.82, 2.24) is 15.2 Å². The standard InChI is InChI=1S/C13H16BrN5/c1-3-9(2)16-13-18-12(8-15-19-13)17-11-7-5-4-6-10(11)14/h4-9H,3H2,1-2H3,(H2,16,17,18,19). The van der Waals surface area contributed by atoms with Gasteiger partial charge in [-0.2, -0.15) is 10.1 Å². The fraction of sp³-hybridized carbons (Fsp3) is 0.308. The Labute approximate surface area is 121 Å². The number of hydrogen-bond acceptors (Lipinski definition) is 5. The van der Waals surface area contributed by atoms with E-state index in [0.717, 1.165) is 16.6 Å². The molecule has 1 unspecified atom stereocenters. The smallest absolute Gasteiger partial charge is 0.244 e. The van der Waals surface area contributed by atoms with Crippen molar-refractivity contribution in [3.8, 4) is 0 Å². The van der Waals surface area contributed by atoms with E-state index in [1.807, 2.05) is 24.3 Å². The lowest BCUT2D eigenvalue weighted by molar-refractivity contribution is 0.746. The van der Waals surface area contributed by atoms with E-state index in [1.54, 1.807) is 6.20 Å². The minimum Gasteiger partial charge on any atom is -0.350 e. The van der Waals surface area contributed by atoms with Crippen LogP contribution in [0, 0.1) is 0 Å². The largest absolute Gasteiger partial charge is 0.350 e. The van der Waals surface area contributed by atoms with Gasteiger partial charge in [0.25, 0.3) is 0 Å². The van der Waals surface area contributed by atoms with E-state index in [0.29, 0.717) is 17.8 Å². The number of nitrogens with one attached hydrogen (secondary N) is 2. The van der Waals surface area contributed by atoms with Gasteiger partial charge in [-0.25, -0.2) is 0 Å². The van der Waals surface area contributed by atoms with Gasteiger partial charge in [-0.3, -0.25) is 0 Å². The van der Waals surface area contributed by atoms with Crippen molar-refractivity contribution in [1.29, 1.82) is 0 Å². The van der Waals surface area contributed by atoms with Crippen LogP contribution < -0.4 is 10.6 Å². The number of hydrogen-bond donors (Lipinski definition) is 2. The molecular weight excluding hydrogens is 306 g/mol. The minimum atomic E-state index is 0.320. The van der Waals surface area contributed by atoms with Gasteiger partial charge in [0.15, 0.2) is 5.82 Å². The third-order valence-electron chi connectivity index (χ3n) is 2.68. The average Bonchev–Trinajstić information content (AvgIpc) is 2.42.